The van der Waals surface area contributed by atoms with Crippen molar-refractivity contribution in [2.75, 3.05) is 19.3 Å². The van der Waals surface area contributed by atoms with Crippen molar-refractivity contribution in [2.45, 2.75) is 20.3 Å². The Morgan fingerprint density at radius 3 is 2.71 bits per heavy atom. The van der Waals surface area contributed by atoms with E-state index in [1.165, 1.54) is 0 Å². The number of nitrogen functional groups attached to an aromatic ring is 1. The zero-order valence-electron chi connectivity index (χ0n) is 10.5. The lowest BCUT2D eigenvalue weighted by atomic mass is 10.1. The Balaban J connectivity index is 2.78. The van der Waals surface area contributed by atoms with Crippen LogP contribution >= 0.6 is 11.6 Å². The second-order valence-corrected chi connectivity index (χ2v) is 4.84. The summed E-state index contributed by atoms with van der Waals surface area (Å²) in [7, 11) is 1.80. The summed E-state index contributed by atoms with van der Waals surface area (Å²) in [5.74, 6) is 0.474. The third-order valence-corrected chi connectivity index (χ3v) is 3.22. The quantitative estimate of drug-likeness (QED) is 0.840. The highest BCUT2D eigenvalue weighted by Crippen LogP contribution is 2.20. The second-order valence-electron chi connectivity index (χ2n) is 4.44. The minimum atomic E-state index is -0.0198. The van der Waals surface area contributed by atoms with Crippen LogP contribution in [0.3, 0.4) is 0 Å². The lowest BCUT2D eigenvalue weighted by Crippen LogP contribution is -2.30. The maximum absolute atomic E-state index is 12.1. The number of hydrogen-bond acceptors (Lipinski definition) is 2. The number of nitrogens with two attached hydrogens (primary N) is 1. The molecule has 1 atom stereocenters. The molecule has 0 bridgehead atoms. The van der Waals surface area contributed by atoms with Crippen LogP contribution in [0.2, 0.25) is 5.02 Å². The number of anilines is 1. The van der Waals surface area contributed by atoms with Crippen LogP contribution in [-0.2, 0) is 0 Å². The number of carbonyl (C=O) groups is 1. The van der Waals surface area contributed by atoms with Crippen molar-refractivity contribution in [3.63, 3.8) is 0 Å². The maximum Gasteiger partial charge on any atom is 0.253 e. The van der Waals surface area contributed by atoms with Crippen molar-refractivity contribution in [3.05, 3.63) is 28.8 Å². The molecule has 0 saturated heterocycles. The first kappa shape index (κ1) is 13.8. The number of benzene rings is 1. The Hall–Kier alpha value is -1.22. The molecule has 2 N–H and O–H groups in total. The van der Waals surface area contributed by atoms with Gasteiger partial charge in [-0.2, -0.15) is 0 Å². The average molecular weight is 255 g/mol. The molecule has 0 aliphatic heterocycles. The van der Waals surface area contributed by atoms with Crippen molar-refractivity contribution >= 4 is 23.2 Å². The van der Waals surface area contributed by atoms with Gasteiger partial charge in [-0.05, 0) is 24.1 Å². The normalized spacial score (nSPS) is 12.2. The second kappa shape index (κ2) is 5.92. The van der Waals surface area contributed by atoms with Gasteiger partial charge >= 0.3 is 0 Å². The summed E-state index contributed by atoms with van der Waals surface area (Å²) in [6, 6.07) is 4.98. The van der Waals surface area contributed by atoms with E-state index < -0.39 is 0 Å². The van der Waals surface area contributed by atoms with Gasteiger partial charge in [0.05, 0.1) is 10.7 Å². The molecular formula is C13H19ClN2O. The topological polar surface area (TPSA) is 46.3 Å². The number of hydrogen-bond donors (Lipinski definition) is 1. The summed E-state index contributed by atoms with van der Waals surface area (Å²) < 4.78 is 0. The summed E-state index contributed by atoms with van der Waals surface area (Å²) >= 11 is 5.82. The van der Waals surface area contributed by atoms with Gasteiger partial charge in [-0.15, -0.1) is 0 Å². The molecule has 0 aliphatic rings. The minimum Gasteiger partial charge on any atom is -0.398 e. The molecule has 0 aliphatic carbocycles. The predicted octanol–water partition coefficient (Wildman–Crippen LogP) is 3.04. The molecule has 94 valence electrons. The van der Waals surface area contributed by atoms with Gasteiger partial charge in [0, 0.05) is 19.2 Å². The summed E-state index contributed by atoms with van der Waals surface area (Å²) in [5.41, 5.74) is 6.70. The van der Waals surface area contributed by atoms with Crippen LogP contribution in [0.25, 0.3) is 0 Å². The van der Waals surface area contributed by atoms with Gasteiger partial charge in [0.25, 0.3) is 5.91 Å². The largest absolute Gasteiger partial charge is 0.398 e. The number of amides is 1. The molecule has 1 aromatic carbocycles. The molecule has 1 aromatic rings. The van der Waals surface area contributed by atoms with E-state index in [0.717, 1.165) is 13.0 Å². The first-order chi connectivity index (χ1) is 7.95. The zero-order chi connectivity index (χ0) is 13.0. The predicted molar refractivity (Wildman–Crippen MR) is 72.3 cm³/mol. The summed E-state index contributed by atoms with van der Waals surface area (Å²) in [5, 5.41) is 0.478. The summed E-state index contributed by atoms with van der Waals surface area (Å²) in [6.45, 7) is 4.99. The number of rotatable bonds is 4. The van der Waals surface area contributed by atoms with Crippen LogP contribution < -0.4 is 5.73 Å². The number of nitrogens with zero attached hydrogens (tertiary/aromatic N) is 1. The van der Waals surface area contributed by atoms with Crippen LogP contribution in [0.1, 0.15) is 30.6 Å². The van der Waals surface area contributed by atoms with E-state index >= 15 is 0 Å². The Morgan fingerprint density at radius 2 is 2.18 bits per heavy atom. The zero-order valence-corrected chi connectivity index (χ0v) is 11.3. The van der Waals surface area contributed by atoms with Crippen LogP contribution in [-0.4, -0.2) is 24.4 Å². The van der Waals surface area contributed by atoms with Gasteiger partial charge in [0.2, 0.25) is 0 Å². The van der Waals surface area contributed by atoms with Crippen molar-refractivity contribution < 1.29 is 4.79 Å². The molecule has 0 spiro atoms. The Bertz CT molecular complexity index is 406. The van der Waals surface area contributed by atoms with Gasteiger partial charge in [-0.25, -0.2) is 0 Å². The van der Waals surface area contributed by atoms with E-state index in [1.807, 2.05) is 0 Å². The highest BCUT2D eigenvalue weighted by Gasteiger charge is 2.14. The molecule has 0 fully saturated rings. The van der Waals surface area contributed by atoms with Gasteiger partial charge in [-0.3, -0.25) is 4.79 Å². The molecule has 0 radical (unpaired) electrons. The fourth-order valence-electron chi connectivity index (χ4n) is 1.58. The van der Waals surface area contributed by atoms with E-state index in [0.29, 0.717) is 22.2 Å². The lowest BCUT2D eigenvalue weighted by Gasteiger charge is -2.21. The Labute approximate surface area is 108 Å². The Morgan fingerprint density at radius 1 is 1.53 bits per heavy atom. The van der Waals surface area contributed by atoms with Gasteiger partial charge in [0.1, 0.15) is 0 Å². The third-order valence-electron chi connectivity index (χ3n) is 2.87. The first-order valence-corrected chi connectivity index (χ1v) is 6.14. The number of halogens is 1. The smallest absolute Gasteiger partial charge is 0.253 e. The maximum atomic E-state index is 12.1. The van der Waals surface area contributed by atoms with Crippen molar-refractivity contribution in [3.8, 4) is 0 Å². The number of carbonyl (C=O) groups excluding carboxylic acids is 1. The fourth-order valence-corrected chi connectivity index (χ4v) is 1.69. The highest BCUT2D eigenvalue weighted by atomic mass is 35.5. The average Bonchev–Trinajstić information content (AvgIpc) is 2.31. The monoisotopic (exact) mass is 254 g/mol. The molecule has 3 nitrogen and oxygen atoms in total. The standard InChI is InChI=1S/C13H19ClN2O/c1-4-9(2)8-16(3)13(17)10-5-6-11(14)12(15)7-10/h5-7,9H,4,8,15H2,1-3H3. The molecule has 0 heterocycles. The highest BCUT2D eigenvalue weighted by molar-refractivity contribution is 6.33. The van der Waals surface area contributed by atoms with E-state index in [2.05, 4.69) is 13.8 Å². The molecule has 1 rings (SSSR count). The summed E-state index contributed by atoms with van der Waals surface area (Å²) in [4.78, 5) is 13.8. The van der Waals surface area contributed by atoms with Gasteiger partial charge in [-0.1, -0.05) is 31.9 Å². The van der Waals surface area contributed by atoms with Crippen LogP contribution in [0, 0.1) is 5.92 Å². The molecule has 0 aromatic heterocycles. The van der Waals surface area contributed by atoms with E-state index in [-0.39, 0.29) is 5.91 Å². The molecule has 1 amide bonds. The first-order valence-electron chi connectivity index (χ1n) is 5.76. The van der Waals surface area contributed by atoms with E-state index in [1.54, 1.807) is 30.1 Å². The van der Waals surface area contributed by atoms with Crippen LogP contribution in [0.4, 0.5) is 5.69 Å². The van der Waals surface area contributed by atoms with Crippen molar-refractivity contribution in [1.82, 2.24) is 4.90 Å². The fraction of sp³-hybridized carbons (Fsp3) is 0.462. The van der Waals surface area contributed by atoms with Gasteiger partial charge < -0.3 is 10.6 Å². The molecule has 4 heteroatoms. The lowest BCUT2D eigenvalue weighted by molar-refractivity contribution is 0.0775. The van der Waals surface area contributed by atoms with E-state index in [4.69, 9.17) is 17.3 Å². The Kier molecular flexibility index (Phi) is 4.82. The molecule has 1 unspecified atom stereocenters. The van der Waals surface area contributed by atoms with Gasteiger partial charge in [0.15, 0.2) is 0 Å². The molecular weight excluding hydrogens is 236 g/mol. The molecule has 17 heavy (non-hydrogen) atoms. The molecule has 0 saturated carbocycles. The third kappa shape index (κ3) is 3.63. The van der Waals surface area contributed by atoms with Crippen molar-refractivity contribution in [2.24, 2.45) is 5.92 Å². The SMILES string of the molecule is CCC(C)CN(C)C(=O)c1ccc(Cl)c(N)c1. The van der Waals surface area contributed by atoms with E-state index in [9.17, 15) is 4.79 Å². The van der Waals surface area contributed by atoms with Crippen LogP contribution in [0.15, 0.2) is 18.2 Å². The van der Waals surface area contributed by atoms with Crippen molar-refractivity contribution in [1.29, 1.82) is 0 Å². The minimum absolute atomic E-state index is 0.0198. The van der Waals surface area contributed by atoms with Crippen LogP contribution in [0.5, 0.6) is 0 Å². The summed E-state index contributed by atoms with van der Waals surface area (Å²) in [6.07, 6.45) is 1.06.